The quantitative estimate of drug-likeness (QED) is 0.790. The zero-order valence-electron chi connectivity index (χ0n) is 10.4. The Balaban J connectivity index is 2.11. The number of halogens is 1. The van der Waals surface area contributed by atoms with Crippen molar-refractivity contribution in [2.45, 2.75) is 6.92 Å². The Kier molecular flexibility index (Phi) is 4.07. The van der Waals surface area contributed by atoms with Crippen molar-refractivity contribution >= 4 is 29.2 Å². The number of carboxylic acid groups (broad SMARTS) is 1. The molecule has 0 saturated carbocycles. The summed E-state index contributed by atoms with van der Waals surface area (Å²) in [7, 11) is 0. The lowest BCUT2D eigenvalue weighted by molar-refractivity contribution is -0.120. The third-order valence-electron chi connectivity index (χ3n) is 3.33. The summed E-state index contributed by atoms with van der Waals surface area (Å²) in [5.74, 6) is -0.955. The molecule has 0 spiro atoms. The molecule has 1 aliphatic rings. The summed E-state index contributed by atoms with van der Waals surface area (Å²) < 4.78 is 0. The second kappa shape index (κ2) is 5.59. The first kappa shape index (κ1) is 13.8. The molecule has 3 N–H and O–H groups in total. The zero-order chi connectivity index (χ0) is 14.0. The number of benzene rings is 1. The fourth-order valence-electron chi connectivity index (χ4n) is 2.14. The highest BCUT2D eigenvalue weighted by Gasteiger charge is 2.29. The van der Waals surface area contributed by atoms with Crippen molar-refractivity contribution in [1.29, 1.82) is 0 Å². The van der Waals surface area contributed by atoms with Gasteiger partial charge in [-0.2, -0.15) is 0 Å². The Labute approximate surface area is 116 Å². The van der Waals surface area contributed by atoms with Gasteiger partial charge in [0, 0.05) is 6.54 Å². The lowest BCUT2D eigenvalue weighted by Gasteiger charge is -2.15. The standard InChI is InChI=1S/C13H15ClN2O3/c1-7-5-15-6-9(7)12(17)16-11-3-2-8(13(18)19)4-10(11)14/h2-4,7,9,15H,5-6H2,1H3,(H,16,17)(H,18,19)/t7-,9-/m1/s1. The maximum atomic E-state index is 12.1. The SMILES string of the molecule is C[C@@H]1CNC[C@H]1C(=O)Nc1ccc(C(=O)O)cc1Cl. The van der Waals surface area contributed by atoms with E-state index in [0.29, 0.717) is 12.2 Å². The van der Waals surface area contributed by atoms with Crippen LogP contribution in [0.5, 0.6) is 0 Å². The smallest absolute Gasteiger partial charge is 0.335 e. The third kappa shape index (κ3) is 3.05. The number of hydrogen-bond donors (Lipinski definition) is 3. The summed E-state index contributed by atoms with van der Waals surface area (Å²) in [6.07, 6.45) is 0. The molecule has 5 nitrogen and oxygen atoms in total. The zero-order valence-corrected chi connectivity index (χ0v) is 11.2. The fraction of sp³-hybridized carbons (Fsp3) is 0.385. The number of aromatic carboxylic acids is 1. The molecular formula is C13H15ClN2O3. The monoisotopic (exact) mass is 282 g/mol. The highest BCUT2D eigenvalue weighted by molar-refractivity contribution is 6.34. The molecule has 1 amide bonds. The number of amides is 1. The average molecular weight is 283 g/mol. The van der Waals surface area contributed by atoms with Crippen molar-refractivity contribution in [1.82, 2.24) is 5.32 Å². The van der Waals surface area contributed by atoms with Gasteiger partial charge >= 0.3 is 5.97 Å². The highest BCUT2D eigenvalue weighted by atomic mass is 35.5. The van der Waals surface area contributed by atoms with E-state index in [0.717, 1.165) is 6.54 Å². The van der Waals surface area contributed by atoms with Crippen LogP contribution in [0.25, 0.3) is 0 Å². The van der Waals surface area contributed by atoms with Crippen LogP contribution in [0.3, 0.4) is 0 Å². The Morgan fingerprint density at radius 1 is 1.42 bits per heavy atom. The van der Waals surface area contributed by atoms with Crippen molar-refractivity contribution in [3.8, 4) is 0 Å². The van der Waals surface area contributed by atoms with Gasteiger partial charge in [-0.25, -0.2) is 4.79 Å². The predicted octanol–water partition coefficient (Wildman–Crippen LogP) is 1.83. The van der Waals surface area contributed by atoms with Gasteiger partial charge < -0.3 is 15.7 Å². The van der Waals surface area contributed by atoms with Gasteiger partial charge in [0.15, 0.2) is 0 Å². The molecule has 0 aliphatic carbocycles. The van der Waals surface area contributed by atoms with E-state index in [1.54, 1.807) is 0 Å². The minimum atomic E-state index is -1.05. The van der Waals surface area contributed by atoms with E-state index in [4.69, 9.17) is 16.7 Å². The highest BCUT2D eigenvalue weighted by Crippen LogP contribution is 2.25. The minimum absolute atomic E-state index is 0.0878. The van der Waals surface area contributed by atoms with Crippen LogP contribution in [0, 0.1) is 11.8 Å². The lowest BCUT2D eigenvalue weighted by Crippen LogP contribution is -2.28. The summed E-state index contributed by atoms with van der Waals surface area (Å²) in [4.78, 5) is 22.9. The van der Waals surface area contributed by atoms with E-state index in [1.165, 1.54) is 18.2 Å². The molecule has 2 rings (SSSR count). The second-order valence-corrected chi connectivity index (χ2v) is 5.14. The van der Waals surface area contributed by atoms with Crippen LogP contribution in [0.15, 0.2) is 18.2 Å². The molecule has 2 atom stereocenters. The summed E-state index contributed by atoms with van der Waals surface area (Å²) in [5, 5.41) is 15.0. The molecule has 1 aromatic rings. The van der Waals surface area contributed by atoms with E-state index < -0.39 is 5.97 Å². The van der Waals surface area contributed by atoms with Crippen LogP contribution < -0.4 is 10.6 Å². The van der Waals surface area contributed by atoms with E-state index in [-0.39, 0.29) is 28.3 Å². The molecule has 1 aromatic carbocycles. The summed E-state index contributed by atoms with van der Waals surface area (Å²) >= 11 is 5.97. The van der Waals surface area contributed by atoms with E-state index in [1.807, 2.05) is 6.92 Å². The van der Waals surface area contributed by atoms with Gasteiger partial charge in [-0.05, 0) is 30.7 Å². The average Bonchev–Trinajstić information content (AvgIpc) is 2.77. The fourth-order valence-corrected chi connectivity index (χ4v) is 2.36. The number of hydrogen-bond acceptors (Lipinski definition) is 3. The van der Waals surface area contributed by atoms with E-state index in [2.05, 4.69) is 10.6 Å². The van der Waals surface area contributed by atoms with Gasteiger partial charge in [0.05, 0.1) is 22.2 Å². The first-order chi connectivity index (χ1) is 8.99. The molecular weight excluding hydrogens is 268 g/mol. The van der Waals surface area contributed by atoms with Crippen LogP contribution >= 0.6 is 11.6 Å². The Morgan fingerprint density at radius 2 is 2.16 bits per heavy atom. The first-order valence-corrected chi connectivity index (χ1v) is 6.41. The van der Waals surface area contributed by atoms with Crippen LogP contribution in [0.1, 0.15) is 17.3 Å². The number of rotatable bonds is 3. The van der Waals surface area contributed by atoms with Gasteiger partial charge in [-0.3, -0.25) is 4.79 Å². The van der Waals surface area contributed by atoms with Crippen molar-refractivity contribution in [3.05, 3.63) is 28.8 Å². The molecule has 102 valence electrons. The van der Waals surface area contributed by atoms with Gasteiger partial charge in [0.25, 0.3) is 0 Å². The van der Waals surface area contributed by atoms with Crippen molar-refractivity contribution < 1.29 is 14.7 Å². The Bertz CT molecular complexity index is 519. The second-order valence-electron chi connectivity index (χ2n) is 4.73. The van der Waals surface area contributed by atoms with E-state index >= 15 is 0 Å². The van der Waals surface area contributed by atoms with E-state index in [9.17, 15) is 9.59 Å². The third-order valence-corrected chi connectivity index (χ3v) is 3.64. The number of carbonyl (C=O) groups is 2. The largest absolute Gasteiger partial charge is 0.478 e. The molecule has 0 aromatic heterocycles. The Morgan fingerprint density at radius 3 is 2.68 bits per heavy atom. The number of carbonyl (C=O) groups excluding carboxylic acids is 1. The minimum Gasteiger partial charge on any atom is -0.478 e. The van der Waals surface area contributed by atoms with Crippen LogP contribution in [0.2, 0.25) is 5.02 Å². The molecule has 1 saturated heterocycles. The molecule has 6 heteroatoms. The van der Waals surface area contributed by atoms with Crippen molar-refractivity contribution in [3.63, 3.8) is 0 Å². The van der Waals surface area contributed by atoms with Crippen molar-refractivity contribution in [2.24, 2.45) is 11.8 Å². The number of carboxylic acids is 1. The molecule has 0 unspecified atom stereocenters. The normalized spacial score (nSPS) is 22.2. The van der Waals surface area contributed by atoms with Gasteiger partial charge in [-0.1, -0.05) is 18.5 Å². The molecule has 0 radical (unpaired) electrons. The molecule has 1 aliphatic heterocycles. The van der Waals surface area contributed by atoms with Gasteiger partial charge in [0.1, 0.15) is 0 Å². The first-order valence-electron chi connectivity index (χ1n) is 6.03. The topological polar surface area (TPSA) is 78.4 Å². The van der Waals surface area contributed by atoms with Gasteiger partial charge in [0.2, 0.25) is 5.91 Å². The summed E-state index contributed by atoms with van der Waals surface area (Å²) in [5.41, 5.74) is 0.537. The predicted molar refractivity (Wildman–Crippen MR) is 72.6 cm³/mol. The number of nitrogens with one attached hydrogen (secondary N) is 2. The summed E-state index contributed by atoms with van der Waals surface area (Å²) in [6.45, 7) is 3.49. The van der Waals surface area contributed by atoms with Crippen LogP contribution in [-0.4, -0.2) is 30.1 Å². The molecule has 19 heavy (non-hydrogen) atoms. The maximum Gasteiger partial charge on any atom is 0.335 e. The molecule has 1 fully saturated rings. The van der Waals surface area contributed by atoms with Crippen LogP contribution in [0.4, 0.5) is 5.69 Å². The maximum absolute atomic E-state index is 12.1. The molecule has 1 heterocycles. The van der Waals surface area contributed by atoms with Gasteiger partial charge in [-0.15, -0.1) is 0 Å². The molecule has 0 bridgehead atoms. The Hall–Kier alpha value is -1.59. The van der Waals surface area contributed by atoms with Crippen LogP contribution in [-0.2, 0) is 4.79 Å². The summed E-state index contributed by atoms with van der Waals surface area (Å²) in [6, 6.07) is 4.26. The number of anilines is 1. The van der Waals surface area contributed by atoms with Crippen molar-refractivity contribution in [2.75, 3.05) is 18.4 Å². The lowest BCUT2D eigenvalue weighted by atomic mass is 9.97.